The highest BCUT2D eigenvalue weighted by Gasteiger charge is 2.12. The van der Waals surface area contributed by atoms with Gasteiger partial charge in [-0.25, -0.2) is 9.82 Å². The molecular formula is C17H17FN2O4. The fourth-order valence-electron chi connectivity index (χ4n) is 1.98. The highest BCUT2D eigenvalue weighted by molar-refractivity contribution is 5.95. The molecular weight excluding hydrogens is 315 g/mol. The molecule has 0 unspecified atom stereocenters. The fourth-order valence-corrected chi connectivity index (χ4v) is 1.98. The molecule has 1 N–H and O–H groups in total. The van der Waals surface area contributed by atoms with Crippen molar-refractivity contribution in [1.29, 1.82) is 0 Å². The van der Waals surface area contributed by atoms with Gasteiger partial charge in [0.1, 0.15) is 23.1 Å². The van der Waals surface area contributed by atoms with Crippen LogP contribution in [0.2, 0.25) is 0 Å². The standard InChI is InChI=1S/C17H17FN2O4/c1-22-13-8-15(23-2)14(16(9-13)24-3)10-19-20-17(21)11-4-6-12(18)7-5-11/h4-10H,1-3H3,(H,20,21)/b19-10+. The molecule has 2 rings (SSSR count). The van der Waals surface area contributed by atoms with E-state index < -0.39 is 11.7 Å². The number of benzene rings is 2. The molecule has 0 aliphatic heterocycles. The predicted octanol–water partition coefficient (Wildman–Crippen LogP) is 2.62. The van der Waals surface area contributed by atoms with Crippen LogP contribution in [0.3, 0.4) is 0 Å². The van der Waals surface area contributed by atoms with Crippen molar-refractivity contribution in [2.45, 2.75) is 0 Å². The highest BCUT2D eigenvalue weighted by atomic mass is 19.1. The molecule has 6 nitrogen and oxygen atoms in total. The lowest BCUT2D eigenvalue weighted by atomic mass is 10.2. The first-order valence-electron chi connectivity index (χ1n) is 6.98. The molecule has 0 aromatic heterocycles. The minimum atomic E-state index is -0.460. The van der Waals surface area contributed by atoms with Crippen molar-refractivity contribution in [2.75, 3.05) is 21.3 Å². The molecule has 0 saturated carbocycles. The quantitative estimate of drug-likeness (QED) is 0.652. The van der Waals surface area contributed by atoms with Crippen LogP contribution in [-0.2, 0) is 0 Å². The zero-order valence-corrected chi connectivity index (χ0v) is 13.5. The number of nitrogens with one attached hydrogen (secondary N) is 1. The van der Waals surface area contributed by atoms with Crippen molar-refractivity contribution in [3.05, 3.63) is 53.3 Å². The lowest BCUT2D eigenvalue weighted by molar-refractivity contribution is 0.0955. The number of halogens is 1. The first kappa shape index (κ1) is 17.3. The monoisotopic (exact) mass is 332 g/mol. The van der Waals surface area contributed by atoms with E-state index in [4.69, 9.17) is 14.2 Å². The molecule has 0 aliphatic rings. The Hall–Kier alpha value is -3.09. The van der Waals surface area contributed by atoms with Gasteiger partial charge in [-0.2, -0.15) is 5.10 Å². The highest BCUT2D eigenvalue weighted by Crippen LogP contribution is 2.32. The minimum Gasteiger partial charge on any atom is -0.496 e. The van der Waals surface area contributed by atoms with Crippen LogP contribution in [0.4, 0.5) is 4.39 Å². The Morgan fingerprint density at radius 3 is 2.12 bits per heavy atom. The molecule has 0 heterocycles. The average molecular weight is 332 g/mol. The van der Waals surface area contributed by atoms with Crippen LogP contribution >= 0.6 is 0 Å². The molecule has 0 saturated heterocycles. The summed E-state index contributed by atoms with van der Waals surface area (Å²) in [6, 6.07) is 8.49. The van der Waals surface area contributed by atoms with E-state index in [1.165, 1.54) is 51.8 Å². The Kier molecular flexibility index (Phi) is 5.73. The largest absolute Gasteiger partial charge is 0.496 e. The maximum atomic E-state index is 12.9. The Bertz CT molecular complexity index is 720. The van der Waals surface area contributed by atoms with E-state index in [9.17, 15) is 9.18 Å². The van der Waals surface area contributed by atoms with Gasteiger partial charge in [0, 0.05) is 17.7 Å². The molecule has 0 radical (unpaired) electrons. The van der Waals surface area contributed by atoms with Crippen molar-refractivity contribution >= 4 is 12.1 Å². The molecule has 0 bridgehead atoms. The molecule has 126 valence electrons. The van der Waals surface area contributed by atoms with Gasteiger partial charge in [-0.05, 0) is 24.3 Å². The van der Waals surface area contributed by atoms with Gasteiger partial charge in [-0.1, -0.05) is 0 Å². The van der Waals surface area contributed by atoms with Crippen LogP contribution in [-0.4, -0.2) is 33.5 Å². The van der Waals surface area contributed by atoms with Crippen molar-refractivity contribution < 1.29 is 23.4 Å². The zero-order valence-electron chi connectivity index (χ0n) is 13.5. The number of carbonyl (C=O) groups excluding carboxylic acids is 1. The lowest BCUT2D eigenvalue weighted by Gasteiger charge is -2.12. The van der Waals surface area contributed by atoms with E-state index in [1.54, 1.807) is 12.1 Å². The number of hydrazone groups is 1. The van der Waals surface area contributed by atoms with Crippen LogP contribution in [0.5, 0.6) is 17.2 Å². The van der Waals surface area contributed by atoms with E-state index in [0.717, 1.165) is 0 Å². The summed E-state index contributed by atoms with van der Waals surface area (Å²) in [5.41, 5.74) is 3.20. The van der Waals surface area contributed by atoms with Gasteiger partial charge >= 0.3 is 0 Å². The van der Waals surface area contributed by atoms with Gasteiger partial charge in [0.25, 0.3) is 5.91 Å². The summed E-state index contributed by atoms with van der Waals surface area (Å²) in [6.45, 7) is 0. The number of hydrogen-bond donors (Lipinski definition) is 1. The summed E-state index contributed by atoms with van der Waals surface area (Å²) < 4.78 is 28.6. The van der Waals surface area contributed by atoms with Gasteiger partial charge in [0.15, 0.2) is 0 Å². The van der Waals surface area contributed by atoms with E-state index in [0.29, 0.717) is 28.4 Å². The Labute approximate surface area is 138 Å². The topological polar surface area (TPSA) is 69.2 Å². The predicted molar refractivity (Wildman–Crippen MR) is 87.6 cm³/mol. The molecule has 24 heavy (non-hydrogen) atoms. The first-order chi connectivity index (χ1) is 11.6. The summed E-state index contributed by atoms with van der Waals surface area (Å²) in [7, 11) is 4.54. The number of methoxy groups -OCH3 is 3. The Balaban J connectivity index is 2.19. The zero-order chi connectivity index (χ0) is 17.5. The van der Waals surface area contributed by atoms with Gasteiger partial charge in [-0.3, -0.25) is 4.79 Å². The normalized spacial score (nSPS) is 10.5. The smallest absolute Gasteiger partial charge is 0.271 e. The van der Waals surface area contributed by atoms with Crippen LogP contribution in [0.15, 0.2) is 41.5 Å². The lowest BCUT2D eigenvalue weighted by Crippen LogP contribution is -2.17. The van der Waals surface area contributed by atoms with Gasteiger partial charge < -0.3 is 14.2 Å². The summed E-state index contributed by atoms with van der Waals surface area (Å²) in [5, 5.41) is 3.89. The van der Waals surface area contributed by atoms with Crippen molar-refractivity contribution in [3.8, 4) is 17.2 Å². The third-order valence-corrected chi connectivity index (χ3v) is 3.22. The number of rotatable bonds is 6. The second kappa shape index (κ2) is 7.96. The van der Waals surface area contributed by atoms with E-state index in [2.05, 4.69) is 10.5 Å². The molecule has 0 spiro atoms. The molecule has 2 aromatic rings. The second-order valence-corrected chi connectivity index (χ2v) is 4.65. The van der Waals surface area contributed by atoms with Crippen molar-refractivity contribution in [3.63, 3.8) is 0 Å². The minimum absolute atomic E-state index is 0.294. The van der Waals surface area contributed by atoms with Gasteiger partial charge in [-0.15, -0.1) is 0 Å². The summed E-state index contributed by atoms with van der Waals surface area (Å²) in [6.07, 6.45) is 1.40. The molecule has 0 aliphatic carbocycles. The van der Waals surface area contributed by atoms with Gasteiger partial charge in [0.05, 0.1) is 33.1 Å². The average Bonchev–Trinajstić information content (AvgIpc) is 2.61. The van der Waals surface area contributed by atoms with Gasteiger partial charge in [0.2, 0.25) is 0 Å². The Morgan fingerprint density at radius 2 is 1.62 bits per heavy atom. The van der Waals surface area contributed by atoms with E-state index in [-0.39, 0.29) is 0 Å². The number of nitrogens with zero attached hydrogens (tertiary/aromatic N) is 1. The number of ether oxygens (including phenoxy) is 3. The van der Waals surface area contributed by atoms with Crippen LogP contribution < -0.4 is 19.6 Å². The summed E-state index contributed by atoms with van der Waals surface area (Å²) in [4.78, 5) is 11.9. The van der Waals surface area contributed by atoms with Crippen molar-refractivity contribution in [2.24, 2.45) is 5.10 Å². The van der Waals surface area contributed by atoms with E-state index in [1.807, 2.05) is 0 Å². The fraction of sp³-hybridized carbons (Fsp3) is 0.176. The molecule has 1 amide bonds. The maximum absolute atomic E-state index is 12.9. The third kappa shape index (κ3) is 4.01. The molecule has 0 fully saturated rings. The summed E-state index contributed by atoms with van der Waals surface area (Å²) >= 11 is 0. The Morgan fingerprint density at radius 1 is 1.04 bits per heavy atom. The molecule has 7 heteroatoms. The number of carbonyl (C=O) groups is 1. The molecule has 0 atom stereocenters. The van der Waals surface area contributed by atoms with Crippen LogP contribution in [0.1, 0.15) is 15.9 Å². The molecule has 2 aromatic carbocycles. The van der Waals surface area contributed by atoms with Crippen molar-refractivity contribution in [1.82, 2.24) is 5.43 Å². The summed E-state index contributed by atoms with van der Waals surface area (Å²) in [5.74, 6) is 0.647. The van der Waals surface area contributed by atoms with Crippen LogP contribution in [0, 0.1) is 5.82 Å². The number of amides is 1. The SMILES string of the molecule is COc1cc(OC)c(/C=N/NC(=O)c2ccc(F)cc2)c(OC)c1. The van der Waals surface area contributed by atoms with Crippen LogP contribution in [0.25, 0.3) is 0 Å². The van der Waals surface area contributed by atoms with E-state index >= 15 is 0 Å². The maximum Gasteiger partial charge on any atom is 0.271 e. The number of hydrogen-bond acceptors (Lipinski definition) is 5. The first-order valence-corrected chi connectivity index (χ1v) is 6.98. The second-order valence-electron chi connectivity index (χ2n) is 4.65. The third-order valence-electron chi connectivity index (χ3n) is 3.22.